The zero-order valence-corrected chi connectivity index (χ0v) is 10.5. The molecular weight excluding hydrogens is 208 g/mol. The second-order valence-electron chi connectivity index (χ2n) is 3.86. The van der Waals surface area contributed by atoms with Crippen molar-refractivity contribution < 1.29 is 14.3 Å². The minimum atomic E-state index is 0.0373. The first-order valence-electron chi connectivity index (χ1n) is 5.73. The summed E-state index contributed by atoms with van der Waals surface area (Å²) in [6, 6.07) is 0.201. The summed E-state index contributed by atoms with van der Waals surface area (Å²) < 4.78 is 10.1. The molecule has 96 valence electrons. The van der Waals surface area contributed by atoms with Crippen molar-refractivity contribution in [3.05, 3.63) is 0 Å². The van der Waals surface area contributed by atoms with Gasteiger partial charge in [0.05, 0.1) is 19.8 Å². The van der Waals surface area contributed by atoms with Crippen LogP contribution in [0.4, 0.5) is 0 Å². The molecule has 0 aromatic rings. The molecule has 0 saturated carbocycles. The Morgan fingerprint density at radius 2 is 2.00 bits per heavy atom. The van der Waals surface area contributed by atoms with E-state index in [1.165, 1.54) is 0 Å². The smallest absolute Gasteiger partial charge is 0.234 e. The molecule has 0 saturated heterocycles. The van der Waals surface area contributed by atoms with Gasteiger partial charge in [-0.15, -0.1) is 0 Å². The van der Waals surface area contributed by atoms with Gasteiger partial charge in [0, 0.05) is 19.8 Å². The number of rotatable bonds is 10. The molecule has 0 heterocycles. The Balaban J connectivity index is 3.11. The van der Waals surface area contributed by atoms with Gasteiger partial charge in [0.2, 0.25) is 5.91 Å². The predicted molar refractivity (Wildman–Crippen MR) is 63.5 cm³/mol. The highest BCUT2D eigenvalue weighted by Crippen LogP contribution is 1.82. The van der Waals surface area contributed by atoms with Crippen LogP contribution in [0.5, 0.6) is 0 Å². The number of ether oxygens (including phenoxy) is 2. The van der Waals surface area contributed by atoms with Gasteiger partial charge in [-0.3, -0.25) is 4.79 Å². The van der Waals surface area contributed by atoms with Crippen molar-refractivity contribution in [2.75, 3.05) is 40.0 Å². The van der Waals surface area contributed by atoms with Crippen LogP contribution in [0.1, 0.15) is 20.3 Å². The molecule has 16 heavy (non-hydrogen) atoms. The van der Waals surface area contributed by atoms with E-state index in [1.54, 1.807) is 7.11 Å². The van der Waals surface area contributed by atoms with E-state index in [2.05, 4.69) is 10.6 Å². The van der Waals surface area contributed by atoms with Gasteiger partial charge < -0.3 is 20.1 Å². The minimum Gasteiger partial charge on any atom is -0.382 e. The van der Waals surface area contributed by atoms with Crippen molar-refractivity contribution in [1.29, 1.82) is 0 Å². The van der Waals surface area contributed by atoms with Gasteiger partial charge in [-0.1, -0.05) is 0 Å². The summed E-state index contributed by atoms with van der Waals surface area (Å²) in [6.07, 6.45) is 0.901. The maximum absolute atomic E-state index is 11.2. The van der Waals surface area contributed by atoms with Crippen LogP contribution in [0.15, 0.2) is 0 Å². The highest BCUT2D eigenvalue weighted by atomic mass is 16.5. The topological polar surface area (TPSA) is 59.6 Å². The third-order valence-corrected chi connectivity index (χ3v) is 1.81. The average Bonchev–Trinajstić information content (AvgIpc) is 2.21. The fourth-order valence-electron chi connectivity index (χ4n) is 1.12. The second-order valence-corrected chi connectivity index (χ2v) is 3.86. The Bertz CT molecular complexity index is 175. The first-order valence-corrected chi connectivity index (χ1v) is 5.73. The van der Waals surface area contributed by atoms with Crippen molar-refractivity contribution in [2.45, 2.75) is 26.3 Å². The molecule has 0 aromatic carbocycles. The number of carbonyl (C=O) groups excluding carboxylic acids is 1. The summed E-state index contributed by atoms with van der Waals surface area (Å²) in [5.74, 6) is 0.0373. The van der Waals surface area contributed by atoms with Crippen LogP contribution in [-0.4, -0.2) is 52.0 Å². The molecule has 0 radical (unpaired) electrons. The largest absolute Gasteiger partial charge is 0.382 e. The first-order chi connectivity index (χ1) is 7.66. The molecule has 0 aliphatic carbocycles. The SMILES string of the molecule is COCCOCCCNCC(=O)NC(C)C. The number of carbonyl (C=O) groups is 1. The standard InChI is InChI=1S/C11H24N2O3/c1-10(2)13-11(14)9-12-5-4-6-16-8-7-15-3/h10,12H,4-9H2,1-3H3,(H,13,14). The molecule has 1 amide bonds. The second kappa shape index (κ2) is 10.9. The summed E-state index contributed by atoms with van der Waals surface area (Å²) in [7, 11) is 1.65. The Morgan fingerprint density at radius 3 is 2.62 bits per heavy atom. The Morgan fingerprint density at radius 1 is 1.25 bits per heavy atom. The summed E-state index contributed by atoms with van der Waals surface area (Å²) in [5, 5.41) is 5.87. The fraction of sp³-hybridized carbons (Fsp3) is 0.909. The van der Waals surface area contributed by atoms with Gasteiger partial charge >= 0.3 is 0 Å². The quantitative estimate of drug-likeness (QED) is 0.527. The number of hydrogen-bond acceptors (Lipinski definition) is 4. The van der Waals surface area contributed by atoms with E-state index in [-0.39, 0.29) is 11.9 Å². The maximum atomic E-state index is 11.2. The molecule has 0 spiro atoms. The van der Waals surface area contributed by atoms with Gasteiger partial charge in [-0.25, -0.2) is 0 Å². The third-order valence-electron chi connectivity index (χ3n) is 1.81. The molecule has 5 heteroatoms. The Kier molecular flexibility index (Phi) is 10.4. The van der Waals surface area contributed by atoms with E-state index in [0.717, 1.165) is 13.0 Å². The summed E-state index contributed by atoms with van der Waals surface area (Å²) >= 11 is 0. The van der Waals surface area contributed by atoms with Crippen molar-refractivity contribution in [3.8, 4) is 0 Å². The predicted octanol–water partition coefficient (Wildman–Crippen LogP) is 0.154. The van der Waals surface area contributed by atoms with Crippen LogP contribution in [-0.2, 0) is 14.3 Å². The normalized spacial score (nSPS) is 10.8. The van der Waals surface area contributed by atoms with E-state index in [4.69, 9.17) is 9.47 Å². The van der Waals surface area contributed by atoms with E-state index in [0.29, 0.717) is 26.4 Å². The van der Waals surface area contributed by atoms with Gasteiger partial charge in [-0.2, -0.15) is 0 Å². The van der Waals surface area contributed by atoms with Crippen molar-refractivity contribution >= 4 is 5.91 Å². The van der Waals surface area contributed by atoms with Crippen LogP contribution in [0.2, 0.25) is 0 Å². The molecule has 0 atom stereocenters. The minimum absolute atomic E-state index is 0.0373. The number of hydrogen-bond donors (Lipinski definition) is 2. The maximum Gasteiger partial charge on any atom is 0.234 e. The molecule has 5 nitrogen and oxygen atoms in total. The summed E-state index contributed by atoms with van der Waals surface area (Å²) in [6.45, 7) is 7.01. The molecule has 0 bridgehead atoms. The van der Waals surface area contributed by atoms with Crippen molar-refractivity contribution in [3.63, 3.8) is 0 Å². The molecular formula is C11H24N2O3. The zero-order valence-electron chi connectivity index (χ0n) is 10.5. The first kappa shape index (κ1) is 15.3. The van der Waals surface area contributed by atoms with Gasteiger partial charge in [-0.05, 0) is 26.8 Å². The number of amides is 1. The fourth-order valence-corrected chi connectivity index (χ4v) is 1.12. The van der Waals surface area contributed by atoms with E-state index in [1.807, 2.05) is 13.8 Å². The van der Waals surface area contributed by atoms with Crippen molar-refractivity contribution in [2.24, 2.45) is 0 Å². The van der Waals surface area contributed by atoms with E-state index >= 15 is 0 Å². The monoisotopic (exact) mass is 232 g/mol. The lowest BCUT2D eigenvalue weighted by atomic mass is 10.4. The van der Waals surface area contributed by atoms with Crippen molar-refractivity contribution in [1.82, 2.24) is 10.6 Å². The van der Waals surface area contributed by atoms with Crippen LogP contribution in [0.3, 0.4) is 0 Å². The molecule has 0 fully saturated rings. The molecule has 0 aromatic heterocycles. The Hall–Kier alpha value is -0.650. The number of methoxy groups -OCH3 is 1. The summed E-state index contributed by atoms with van der Waals surface area (Å²) in [4.78, 5) is 11.2. The van der Waals surface area contributed by atoms with Gasteiger partial charge in [0.25, 0.3) is 0 Å². The van der Waals surface area contributed by atoms with E-state index < -0.39 is 0 Å². The van der Waals surface area contributed by atoms with Gasteiger partial charge in [0.1, 0.15) is 0 Å². The lowest BCUT2D eigenvalue weighted by Crippen LogP contribution is -2.38. The molecule has 0 aliphatic rings. The lowest BCUT2D eigenvalue weighted by Gasteiger charge is -2.09. The zero-order chi connectivity index (χ0) is 12.2. The summed E-state index contributed by atoms with van der Waals surface area (Å²) in [5.41, 5.74) is 0. The average molecular weight is 232 g/mol. The highest BCUT2D eigenvalue weighted by Gasteiger charge is 2.01. The van der Waals surface area contributed by atoms with Gasteiger partial charge in [0.15, 0.2) is 0 Å². The van der Waals surface area contributed by atoms with Crippen LogP contribution < -0.4 is 10.6 Å². The number of nitrogens with one attached hydrogen (secondary N) is 2. The van der Waals surface area contributed by atoms with E-state index in [9.17, 15) is 4.79 Å². The Labute approximate surface area is 97.9 Å². The molecule has 0 rings (SSSR count). The van der Waals surface area contributed by atoms with Crippen LogP contribution in [0.25, 0.3) is 0 Å². The molecule has 0 aliphatic heterocycles. The van der Waals surface area contributed by atoms with Crippen LogP contribution >= 0.6 is 0 Å². The van der Waals surface area contributed by atoms with Crippen LogP contribution in [0, 0.1) is 0 Å². The lowest BCUT2D eigenvalue weighted by molar-refractivity contribution is -0.120. The highest BCUT2D eigenvalue weighted by molar-refractivity contribution is 5.78. The molecule has 0 unspecified atom stereocenters. The molecule has 2 N–H and O–H groups in total. The third kappa shape index (κ3) is 11.4.